The molecule has 1 aliphatic heterocycles. The van der Waals surface area contributed by atoms with Crippen LogP contribution in [0, 0.1) is 0 Å². The molecule has 0 aromatic carbocycles. The van der Waals surface area contributed by atoms with Crippen LogP contribution in [0.1, 0.15) is 26.7 Å². The van der Waals surface area contributed by atoms with E-state index >= 15 is 0 Å². The van der Waals surface area contributed by atoms with Gasteiger partial charge in [0.05, 0.1) is 12.2 Å². The normalized spacial score (nSPS) is 30.1. The van der Waals surface area contributed by atoms with E-state index < -0.39 is 0 Å². The summed E-state index contributed by atoms with van der Waals surface area (Å²) in [6.07, 6.45) is 3.77. The average molecular weight is 243 g/mol. The summed E-state index contributed by atoms with van der Waals surface area (Å²) in [5.74, 6) is 0.534. The Kier molecular flexibility index (Phi) is 3.61. The molecular weight excluding hydrogens is 228 g/mol. The lowest BCUT2D eigenvalue weighted by Crippen LogP contribution is -2.35. The molecule has 0 aliphatic carbocycles. The van der Waals surface area contributed by atoms with Gasteiger partial charge in [-0.2, -0.15) is 0 Å². The maximum atomic E-state index is 5.76. The predicted molar refractivity (Wildman–Crippen MR) is 60.7 cm³/mol. The minimum absolute atomic E-state index is 0.143. The minimum Gasteiger partial charge on any atom is -0.474 e. The first kappa shape index (κ1) is 11.6. The summed E-state index contributed by atoms with van der Waals surface area (Å²) in [6, 6.07) is 1.63. The van der Waals surface area contributed by atoms with Crippen LogP contribution in [-0.4, -0.2) is 28.3 Å². The summed E-state index contributed by atoms with van der Waals surface area (Å²) in [5.41, 5.74) is 0. The third-order valence-corrected chi connectivity index (χ3v) is 2.76. The van der Waals surface area contributed by atoms with Crippen molar-refractivity contribution in [3.63, 3.8) is 0 Å². The Morgan fingerprint density at radius 2 is 2.00 bits per heavy atom. The van der Waals surface area contributed by atoms with Crippen LogP contribution in [0.3, 0.4) is 0 Å². The average Bonchev–Trinajstić information content (AvgIpc) is 2.15. The highest BCUT2D eigenvalue weighted by atomic mass is 35.5. The molecule has 4 nitrogen and oxygen atoms in total. The Morgan fingerprint density at radius 3 is 2.62 bits per heavy atom. The maximum Gasteiger partial charge on any atom is 0.218 e. The summed E-state index contributed by atoms with van der Waals surface area (Å²) in [6.45, 7) is 4.11. The van der Waals surface area contributed by atoms with E-state index in [1.165, 1.54) is 6.33 Å². The highest BCUT2D eigenvalue weighted by molar-refractivity contribution is 6.29. The van der Waals surface area contributed by atoms with Crippen molar-refractivity contribution in [2.75, 3.05) is 0 Å². The fraction of sp³-hybridized carbons (Fsp3) is 0.636. The molecule has 0 spiro atoms. The van der Waals surface area contributed by atoms with Crippen LogP contribution in [0.15, 0.2) is 12.4 Å². The van der Waals surface area contributed by atoms with E-state index in [2.05, 4.69) is 23.8 Å². The van der Waals surface area contributed by atoms with Crippen LogP contribution < -0.4 is 4.74 Å². The highest BCUT2D eigenvalue weighted by Crippen LogP contribution is 2.23. The molecule has 1 saturated heterocycles. The quantitative estimate of drug-likeness (QED) is 0.748. The number of nitrogens with zero attached hydrogens (tertiary/aromatic N) is 2. The van der Waals surface area contributed by atoms with Gasteiger partial charge in [-0.05, 0) is 13.8 Å². The van der Waals surface area contributed by atoms with Crippen molar-refractivity contribution in [3.05, 3.63) is 17.5 Å². The fourth-order valence-corrected chi connectivity index (χ4v) is 2.13. The molecule has 0 N–H and O–H groups in total. The largest absolute Gasteiger partial charge is 0.474 e. The first-order chi connectivity index (χ1) is 7.63. The van der Waals surface area contributed by atoms with Gasteiger partial charge >= 0.3 is 0 Å². The molecule has 0 bridgehead atoms. The molecule has 0 amide bonds. The SMILES string of the molecule is CC1CC(Oc2cc(Cl)ncn2)CC(C)O1. The first-order valence-corrected chi connectivity index (χ1v) is 5.81. The zero-order valence-corrected chi connectivity index (χ0v) is 10.1. The summed E-state index contributed by atoms with van der Waals surface area (Å²) >= 11 is 5.76. The molecule has 5 heteroatoms. The zero-order chi connectivity index (χ0) is 11.5. The van der Waals surface area contributed by atoms with Gasteiger partial charge in [-0.1, -0.05) is 11.6 Å². The molecule has 2 rings (SSSR count). The molecule has 2 atom stereocenters. The molecule has 2 heterocycles. The van der Waals surface area contributed by atoms with E-state index in [4.69, 9.17) is 21.1 Å². The van der Waals surface area contributed by atoms with Crippen molar-refractivity contribution < 1.29 is 9.47 Å². The molecule has 2 unspecified atom stereocenters. The topological polar surface area (TPSA) is 44.2 Å². The number of hydrogen-bond acceptors (Lipinski definition) is 4. The fourth-order valence-electron chi connectivity index (χ4n) is 1.99. The van der Waals surface area contributed by atoms with Gasteiger partial charge in [-0.15, -0.1) is 0 Å². The zero-order valence-electron chi connectivity index (χ0n) is 9.39. The Labute approximate surface area is 99.9 Å². The maximum absolute atomic E-state index is 5.76. The van der Waals surface area contributed by atoms with Gasteiger partial charge in [0, 0.05) is 18.9 Å². The second-order valence-electron chi connectivity index (χ2n) is 4.15. The molecule has 1 aliphatic rings. The van der Waals surface area contributed by atoms with E-state index in [1.807, 2.05) is 0 Å². The molecular formula is C11H15ClN2O2. The summed E-state index contributed by atoms with van der Waals surface area (Å²) in [4.78, 5) is 7.84. The van der Waals surface area contributed by atoms with Gasteiger partial charge in [0.1, 0.15) is 17.6 Å². The smallest absolute Gasteiger partial charge is 0.218 e. The number of aromatic nitrogens is 2. The second kappa shape index (κ2) is 4.97. The lowest BCUT2D eigenvalue weighted by Gasteiger charge is -2.31. The highest BCUT2D eigenvalue weighted by Gasteiger charge is 2.26. The van der Waals surface area contributed by atoms with Crippen molar-refractivity contribution >= 4 is 11.6 Å². The third-order valence-electron chi connectivity index (χ3n) is 2.55. The number of hydrogen-bond donors (Lipinski definition) is 0. The van der Waals surface area contributed by atoms with Crippen molar-refractivity contribution in [1.82, 2.24) is 9.97 Å². The van der Waals surface area contributed by atoms with E-state index in [9.17, 15) is 0 Å². The van der Waals surface area contributed by atoms with Gasteiger partial charge in [0.15, 0.2) is 0 Å². The Hall–Kier alpha value is -0.870. The molecule has 0 saturated carbocycles. The number of rotatable bonds is 2. The van der Waals surface area contributed by atoms with Crippen LogP contribution >= 0.6 is 11.6 Å². The molecule has 1 fully saturated rings. The molecule has 1 aromatic rings. The lowest BCUT2D eigenvalue weighted by atomic mass is 10.0. The summed E-state index contributed by atoms with van der Waals surface area (Å²) in [7, 11) is 0. The van der Waals surface area contributed by atoms with Gasteiger partial charge in [-0.25, -0.2) is 9.97 Å². The van der Waals surface area contributed by atoms with Crippen LogP contribution in [0.4, 0.5) is 0 Å². The Morgan fingerprint density at radius 1 is 1.31 bits per heavy atom. The van der Waals surface area contributed by atoms with E-state index in [0.29, 0.717) is 11.0 Å². The predicted octanol–water partition coefficient (Wildman–Crippen LogP) is 2.46. The second-order valence-corrected chi connectivity index (χ2v) is 4.53. The number of halogens is 1. The summed E-state index contributed by atoms with van der Waals surface area (Å²) < 4.78 is 11.4. The third kappa shape index (κ3) is 3.06. The van der Waals surface area contributed by atoms with Crippen molar-refractivity contribution in [3.8, 4) is 5.88 Å². The van der Waals surface area contributed by atoms with Crippen LogP contribution in [0.2, 0.25) is 5.15 Å². The van der Waals surface area contributed by atoms with Crippen molar-refractivity contribution in [2.24, 2.45) is 0 Å². The van der Waals surface area contributed by atoms with Gasteiger partial charge in [0.2, 0.25) is 5.88 Å². The van der Waals surface area contributed by atoms with E-state index in [1.54, 1.807) is 6.07 Å². The summed E-state index contributed by atoms with van der Waals surface area (Å²) in [5, 5.41) is 0.401. The molecule has 1 aromatic heterocycles. The van der Waals surface area contributed by atoms with Gasteiger partial charge in [-0.3, -0.25) is 0 Å². The Balaban J connectivity index is 1.98. The number of ether oxygens (including phenoxy) is 2. The monoisotopic (exact) mass is 242 g/mol. The van der Waals surface area contributed by atoms with E-state index in [-0.39, 0.29) is 18.3 Å². The molecule has 16 heavy (non-hydrogen) atoms. The Bertz CT molecular complexity index is 352. The van der Waals surface area contributed by atoms with Crippen molar-refractivity contribution in [2.45, 2.75) is 45.0 Å². The first-order valence-electron chi connectivity index (χ1n) is 5.43. The molecule has 0 radical (unpaired) electrons. The standard InChI is InChI=1S/C11H15ClN2O2/c1-7-3-9(4-8(2)15-7)16-11-5-10(12)13-6-14-11/h5-9H,3-4H2,1-2H3. The van der Waals surface area contributed by atoms with Crippen LogP contribution in [0.25, 0.3) is 0 Å². The van der Waals surface area contributed by atoms with Crippen molar-refractivity contribution in [1.29, 1.82) is 0 Å². The van der Waals surface area contributed by atoms with Gasteiger partial charge < -0.3 is 9.47 Å². The molecule has 88 valence electrons. The van der Waals surface area contributed by atoms with Gasteiger partial charge in [0.25, 0.3) is 0 Å². The van der Waals surface area contributed by atoms with E-state index in [0.717, 1.165) is 12.8 Å². The lowest BCUT2D eigenvalue weighted by molar-refractivity contribution is -0.0729. The van der Waals surface area contributed by atoms with Crippen LogP contribution in [0.5, 0.6) is 5.88 Å². The van der Waals surface area contributed by atoms with Crippen LogP contribution in [-0.2, 0) is 4.74 Å². The minimum atomic E-state index is 0.143.